The van der Waals surface area contributed by atoms with Crippen molar-refractivity contribution in [2.75, 3.05) is 6.79 Å². The molecule has 0 radical (unpaired) electrons. The van der Waals surface area contributed by atoms with Gasteiger partial charge in [-0.25, -0.2) is 10.9 Å². The zero-order chi connectivity index (χ0) is 16.4. The quantitative estimate of drug-likeness (QED) is 0.405. The zero-order valence-corrected chi connectivity index (χ0v) is 12.2. The van der Waals surface area contributed by atoms with Gasteiger partial charge in [0, 0.05) is 6.04 Å². The number of carbonyl (C=O) groups excluding carboxylic acids is 1. The second-order valence-electron chi connectivity index (χ2n) is 5.23. The number of hydrogen-bond donors (Lipinski definition) is 3. The molecule has 122 valence electrons. The molecule has 1 aromatic carbocycles. The van der Waals surface area contributed by atoms with E-state index in [1.54, 1.807) is 0 Å². The molecule has 0 spiro atoms. The Hall–Kier alpha value is -2.72. The average molecular weight is 321 g/mol. The highest BCUT2D eigenvalue weighted by molar-refractivity contribution is 5.89. The Morgan fingerprint density at radius 1 is 1.43 bits per heavy atom. The van der Waals surface area contributed by atoms with Gasteiger partial charge in [-0.3, -0.25) is 20.3 Å². The standard InChI is InChI=1S/C13H15N5O5/c1-7-2-9(16-15-7)13(19)17-14-5-8-3-11-12(23-6-22-11)4-10(8)18(20)21/h3-5,7,9,15-16H,2,6H2,1H3,(H,17,19)/b14-5+. The summed E-state index contributed by atoms with van der Waals surface area (Å²) in [5.41, 5.74) is 8.16. The molecule has 2 aliphatic rings. The molecule has 10 heteroatoms. The van der Waals surface area contributed by atoms with E-state index in [9.17, 15) is 14.9 Å². The predicted molar refractivity (Wildman–Crippen MR) is 79.1 cm³/mol. The van der Waals surface area contributed by atoms with E-state index in [0.29, 0.717) is 17.9 Å². The number of hydrogen-bond acceptors (Lipinski definition) is 8. The number of nitrogens with zero attached hydrogens (tertiary/aromatic N) is 2. The van der Waals surface area contributed by atoms with Crippen molar-refractivity contribution in [1.29, 1.82) is 0 Å². The molecule has 1 amide bonds. The molecule has 1 saturated heterocycles. The third-order valence-electron chi connectivity index (χ3n) is 3.51. The van der Waals surface area contributed by atoms with Crippen molar-refractivity contribution in [3.63, 3.8) is 0 Å². The second kappa shape index (κ2) is 6.18. The number of carbonyl (C=O) groups is 1. The van der Waals surface area contributed by atoms with Crippen LogP contribution in [-0.2, 0) is 4.79 Å². The Balaban J connectivity index is 1.72. The zero-order valence-electron chi connectivity index (χ0n) is 12.2. The van der Waals surface area contributed by atoms with Crippen LogP contribution in [0.2, 0.25) is 0 Å². The first-order valence-electron chi connectivity index (χ1n) is 6.96. The highest BCUT2D eigenvalue weighted by Crippen LogP contribution is 2.37. The van der Waals surface area contributed by atoms with Crippen LogP contribution in [0, 0.1) is 10.1 Å². The first-order chi connectivity index (χ1) is 11.0. The molecular formula is C13H15N5O5. The highest BCUT2D eigenvalue weighted by atomic mass is 16.7. The van der Waals surface area contributed by atoms with Gasteiger partial charge in [-0.2, -0.15) is 5.10 Å². The molecule has 0 saturated carbocycles. The van der Waals surface area contributed by atoms with Gasteiger partial charge in [0.15, 0.2) is 11.5 Å². The van der Waals surface area contributed by atoms with Gasteiger partial charge >= 0.3 is 0 Å². The molecule has 2 atom stereocenters. The van der Waals surface area contributed by atoms with Crippen LogP contribution < -0.4 is 25.8 Å². The molecule has 10 nitrogen and oxygen atoms in total. The van der Waals surface area contributed by atoms with E-state index in [0.717, 1.165) is 0 Å². The molecule has 23 heavy (non-hydrogen) atoms. The summed E-state index contributed by atoms with van der Waals surface area (Å²) < 4.78 is 10.3. The summed E-state index contributed by atoms with van der Waals surface area (Å²) >= 11 is 0. The number of nitro groups is 1. The van der Waals surface area contributed by atoms with Crippen LogP contribution in [0.4, 0.5) is 5.69 Å². The predicted octanol–water partition coefficient (Wildman–Crippen LogP) is 0.0286. The van der Waals surface area contributed by atoms with Crippen molar-refractivity contribution in [2.24, 2.45) is 5.10 Å². The SMILES string of the molecule is CC1CC(C(=O)N/N=C/c2cc3c(cc2[N+](=O)[O-])OCO3)NN1. The maximum Gasteiger partial charge on any atom is 0.282 e. The minimum atomic E-state index is -0.546. The van der Waals surface area contributed by atoms with Crippen LogP contribution >= 0.6 is 0 Å². The van der Waals surface area contributed by atoms with E-state index >= 15 is 0 Å². The van der Waals surface area contributed by atoms with Crippen LogP contribution in [-0.4, -0.2) is 35.9 Å². The molecule has 0 bridgehead atoms. The monoisotopic (exact) mass is 321 g/mol. The maximum absolute atomic E-state index is 11.9. The summed E-state index contributed by atoms with van der Waals surface area (Å²) in [7, 11) is 0. The number of amides is 1. The molecule has 2 aliphatic heterocycles. The van der Waals surface area contributed by atoms with Crippen molar-refractivity contribution in [1.82, 2.24) is 16.3 Å². The Morgan fingerprint density at radius 3 is 2.83 bits per heavy atom. The number of hydrazone groups is 1. The van der Waals surface area contributed by atoms with E-state index in [1.165, 1.54) is 18.3 Å². The number of nitro benzene ring substituents is 1. The molecule has 0 aliphatic carbocycles. The molecule has 2 unspecified atom stereocenters. The molecule has 2 heterocycles. The number of rotatable bonds is 4. The fourth-order valence-electron chi connectivity index (χ4n) is 2.34. The first-order valence-corrected chi connectivity index (χ1v) is 6.96. The van der Waals surface area contributed by atoms with Crippen LogP contribution in [0.1, 0.15) is 18.9 Å². The summed E-state index contributed by atoms with van der Waals surface area (Å²) in [4.78, 5) is 22.4. The summed E-state index contributed by atoms with van der Waals surface area (Å²) in [5.74, 6) is 0.397. The van der Waals surface area contributed by atoms with Crippen molar-refractivity contribution in [3.05, 3.63) is 27.8 Å². The van der Waals surface area contributed by atoms with Gasteiger partial charge in [0.2, 0.25) is 6.79 Å². The third-order valence-corrected chi connectivity index (χ3v) is 3.51. The maximum atomic E-state index is 11.9. The van der Waals surface area contributed by atoms with E-state index < -0.39 is 11.0 Å². The van der Waals surface area contributed by atoms with Crippen molar-refractivity contribution < 1.29 is 19.2 Å². The van der Waals surface area contributed by atoms with Gasteiger partial charge in [0.1, 0.15) is 6.04 Å². The normalized spacial score (nSPS) is 22.5. The molecule has 3 N–H and O–H groups in total. The van der Waals surface area contributed by atoms with Crippen LogP contribution in [0.15, 0.2) is 17.2 Å². The van der Waals surface area contributed by atoms with E-state index in [4.69, 9.17) is 9.47 Å². The Morgan fingerprint density at radius 2 is 2.17 bits per heavy atom. The smallest absolute Gasteiger partial charge is 0.282 e. The third kappa shape index (κ3) is 3.22. The second-order valence-corrected chi connectivity index (χ2v) is 5.23. The number of hydrazine groups is 1. The first kappa shape index (κ1) is 15.2. The number of nitrogens with one attached hydrogen (secondary N) is 3. The number of benzene rings is 1. The molecule has 3 rings (SSSR count). The number of fused-ring (bicyclic) bond motifs is 1. The van der Waals surface area contributed by atoms with Crippen LogP contribution in [0.3, 0.4) is 0 Å². The van der Waals surface area contributed by atoms with Crippen molar-refractivity contribution in [3.8, 4) is 11.5 Å². The Labute approximate surface area is 131 Å². The van der Waals surface area contributed by atoms with Gasteiger partial charge in [-0.1, -0.05) is 0 Å². The lowest BCUT2D eigenvalue weighted by Gasteiger charge is -2.06. The Bertz CT molecular complexity index is 677. The van der Waals surface area contributed by atoms with Gasteiger partial charge in [0.25, 0.3) is 11.6 Å². The fourth-order valence-corrected chi connectivity index (χ4v) is 2.34. The van der Waals surface area contributed by atoms with Crippen LogP contribution in [0.25, 0.3) is 0 Å². The van der Waals surface area contributed by atoms with Crippen molar-refractivity contribution >= 4 is 17.8 Å². The summed E-state index contributed by atoms with van der Waals surface area (Å²) in [6.07, 6.45) is 1.84. The van der Waals surface area contributed by atoms with Gasteiger partial charge in [-0.05, 0) is 19.4 Å². The van der Waals surface area contributed by atoms with E-state index in [2.05, 4.69) is 21.4 Å². The molecule has 1 aromatic rings. The topological polar surface area (TPSA) is 127 Å². The minimum absolute atomic E-state index is 0.0162. The average Bonchev–Trinajstić information content (AvgIpc) is 3.14. The molecule has 1 fully saturated rings. The summed E-state index contributed by atoms with van der Waals surface area (Å²) in [6.45, 7) is 1.96. The summed E-state index contributed by atoms with van der Waals surface area (Å²) in [6, 6.07) is 2.52. The highest BCUT2D eigenvalue weighted by Gasteiger charge is 2.26. The lowest BCUT2D eigenvalue weighted by molar-refractivity contribution is -0.385. The van der Waals surface area contributed by atoms with E-state index in [-0.39, 0.29) is 30.0 Å². The number of ether oxygens (including phenoxy) is 2. The van der Waals surface area contributed by atoms with Crippen LogP contribution in [0.5, 0.6) is 11.5 Å². The van der Waals surface area contributed by atoms with Crippen molar-refractivity contribution in [2.45, 2.75) is 25.4 Å². The van der Waals surface area contributed by atoms with Gasteiger partial charge in [-0.15, -0.1) is 0 Å². The summed E-state index contributed by atoms with van der Waals surface area (Å²) in [5, 5.41) is 14.9. The van der Waals surface area contributed by atoms with Gasteiger partial charge in [0.05, 0.1) is 22.8 Å². The lowest BCUT2D eigenvalue weighted by atomic mass is 10.1. The lowest BCUT2D eigenvalue weighted by Crippen LogP contribution is -2.41. The molecular weight excluding hydrogens is 306 g/mol. The largest absolute Gasteiger partial charge is 0.454 e. The minimum Gasteiger partial charge on any atom is -0.454 e. The van der Waals surface area contributed by atoms with E-state index in [1.807, 2.05) is 6.92 Å². The van der Waals surface area contributed by atoms with Gasteiger partial charge < -0.3 is 9.47 Å². The molecule has 0 aromatic heterocycles. The fraction of sp³-hybridized carbons (Fsp3) is 0.385. The Kier molecular flexibility index (Phi) is 4.08.